The molecule has 168 valence electrons. The predicted octanol–water partition coefficient (Wildman–Crippen LogP) is 5.99. The molecule has 0 spiro atoms. The van der Waals surface area contributed by atoms with Crippen molar-refractivity contribution >= 4 is 55.5 Å². The van der Waals surface area contributed by atoms with Crippen LogP contribution in [0.15, 0.2) is 121 Å². The first-order chi connectivity index (χ1) is 16.3. The van der Waals surface area contributed by atoms with Crippen LogP contribution in [0.3, 0.4) is 0 Å². The van der Waals surface area contributed by atoms with Gasteiger partial charge in [0.25, 0.3) is 0 Å². The first kappa shape index (κ1) is 24.7. The number of hydrogen-bond acceptors (Lipinski definition) is 0. The third-order valence-electron chi connectivity index (χ3n) is 5.77. The summed E-state index contributed by atoms with van der Waals surface area (Å²) in [4.78, 5) is 0. The summed E-state index contributed by atoms with van der Waals surface area (Å²) in [5.41, 5.74) is 0.366. The van der Waals surface area contributed by atoms with Crippen molar-refractivity contribution in [2.45, 2.75) is 0 Å². The van der Waals surface area contributed by atoms with Crippen molar-refractivity contribution in [3.8, 4) is 0 Å². The highest BCUT2D eigenvalue weighted by Crippen LogP contribution is 2.41. The monoisotopic (exact) mass is 504 g/mol. The molecule has 4 atom stereocenters. The van der Waals surface area contributed by atoms with Crippen molar-refractivity contribution in [3.05, 3.63) is 121 Å². The highest BCUT2D eigenvalue weighted by molar-refractivity contribution is 7.50. The van der Waals surface area contributed by atoms with Crippen LogP contribution in [0.1, 0.15) is 0 Å². The van der Waals surface area contributed by atoms with Gasteiger partial charge in [-0.2, -0.15) is 0 Å². The molecule has 4 unspecified atom stereocenters. The largest absolute Gasteiger partial charge is 0.0898 e. The number of benzene rings is 4. The fraction of sp³-hybridized carbons (Fsp3) is 0.172. The molecule has 0 aliphatic rings. The molecule has 0 bridgehead atoms. The molecule has 0 amide bonds. The van der Waals surface area contributed by atoms with E-state index in [1.165, 1.54) is 45.9 Å². The van der Waals surface area contributed by atoms with Gasteiger partial charge in [-0.15, -0.1) is 0 Å². The Bertz CT molecular complexity index is 874. The van der Waals surface area contributed by atoms with E-state index in [0.717, 1.165) is 34.3 Å². The van der Waals surface area contributed by atoms with Crippen molar-refractivity contribution < 1.29 is 0 Å². The van der Waals surface area contributed by atoms with Gasteiger partial charge in [-0.1, -0.05) is 156 Å². The van der Waals surface area contributed by atoms with Crippen LogP contribution in [0.2, 0.25) is 0 Å². The lowest BCUT2D eigenvalue weighted by Gasteiger charge is -2.35. The van der Waals surface area contributed by atoms with Crippen molar-refractivity contribution in [3.63, 3.8) is 0 Å². The fourth-order valence-electron chi connectivity index (χ4n) is 3.76. The minimum Gasteiger partial charge on any atom is -0.0898 e. The van der Waals surface area contributed by atoms with Crippen LogP contribution in [0.4, 0.5) is 0 Å². The van der Waals surface area contributed by atoms with Crippen molar-refractivity contribution in [1.82, 2.24) is 0 Å². The Hall–Kier alpha value is -1.40. The molecule has 0 saturated carbocycles. The Morgan fingerprint density at radius 2 is 0.545 bits per heavy atom. The van der Waals surface area contributed by atoms with E-state index in [1.807, 2.05) is 0 Å². The zero-order valence-electron chi connectivity index (χ0n) is 18.9. The molecular weight excluding hydrogens is 472 g/mol. The molecule has 0 N–H and O–H groups in total. The maximum atomic E-state index is 2.31. The summed E-state index contributed by atoms with van der Waals surface area (Å²) in [5.74, 6) is 0. The standard InChI is InChI=1S/C29H32P4/c1-5-13-25(14-6-1)30-21-29(22-31-26-15-7-2-8-16-26,23-32-27-17-9-3-10-18-27)24-33-28-19-11-4-12-20-28/h1-20,30-33H,21-24H2. The van der Waals surface area contributed by atoms with E-state index in [1.54, 1.807) is 0 Å². The second-order valence-electron chi connectivity index (χ2n) is 8.38. The third kappa shape index (κ3) is 8.40. The minimum atomic E-state index is 0.366. The maximum Gasteiger partial charge on any atom is -0.0138 e. The lowest BCUT2D eigenvalue weighted by Crippen LogP contribution is -2.34. The Morgan fingerprint density at radius 1 is 0.333 bits per heavy atom. The number of rotatable bonds is 12. The zero-order valence-corrected chi connectivity index (χ0v) is 22.9. The van der Waals surface area contributed by atoms with E-state index >= 15 is 0 Å². The Balaban J connectivity index is 1.56. The second-order valence-corrected chi connectivity index (χ2v) is 13.5. The van der Waals surface area contributed by atoms with Gasteiger partial charge in [-0.25, -0.2) is 0 Å². The average Bonchev–Trinajstić information content (AvgIpc) is 2.90. The van der Waals surface area contributed by atoms with Gasteiger partial charge in [-0.05, 0) is 51.3 Å². The van der Waals surface area contributed by atoms with Crippen molar-refractivity contribution in [2.75, 3.05) is 24.6 Å². The summed E-state index contributed by atoms with van der Waals surface area (Å²) in [6.45, 7) is 0. The predicted molar refractivity (Wildman–Crippen MR) is 159 cm³/mol. The molecule has 0 fully saturated rings. The average molecular weight is 504 g/mol. The molecule has 0 nitrogen and oxygen atoms in total. The molecular formula is C29H32P4. The smallest absolute Gasteiger partial charge is 0.0138 e. The first-order valence-corrected chi connectivity index (χ1v) is 16.3. The number of hydrogen-bond donors (Lipinski definition) is 0. The molecule has 4 aromatic carbocycles. The van der Waals surface area contributed by atoms with Crippen LogP contribution in [0.25, 0.3) is 0 Å². The topological polar surface area (TPSA) is 0 Å². The Kier molecular flexibility index (Phi) is 10.1. The molecule has 4 rings (SSSR count). The van der Waals surface area contributed by atoms with E-state index in [4.69, 9.17) is 0 Å². The van der Waals surface area contributed by atoms with Crippen LogP contribution in [0.5, 0.6) is 0 Å². The molecule has 0 radical (unpaired) electrons. The van der Waals surface area contributed by atoms with E-state index in [9.17, 15) is 0 Å². The lowest BCUT2D eigenvalue weighted by molar-refractivity contribution is 0.511. The summed E-state index contributed by atoms with van der Waals surface area (Å²) in [6.07, 6.45) is 5.15. The van der Waals surface area contributed by atoms with Crippen LogP contribution in [-0.2, 0) is 0 Å². The van der Waals surface area contributed by atoms with E-state index in [-0.39, 0.29) is 0 Å². The summed E-state index contributed by atoms with van der Waals surface area (Å²) in [5, 5.41) is 5.99. The van der Waals surface area contributed by atoms with Gasteiger partial charge in [0.05, 0.1) is 0 Å². The summed E-state index contributed by atoms with van der Waals surface area (Å²) in [7, 11) is 3.49. The fourth-order valence-corrected chi connectivity index (χ4v) is 10.8. The van der Waals surface area contributed by atoms with E-state index in [2.05, 4.69) is 121 Å². The molecule has 4 heteroatoms. The van der Waals surface area contributed by atoms with Crippen LogP contribution < -0.4 is 21.2 Å². The van der Waals surface area contributed by atoms with Crippen LogP contribution in [0, 0.1) is 5.41 Å². The lowest BCUT2D eigenvalue weighted by atomic mass is 9.99. The summed E-state index contributed by atoms with van der Waals surface area (Å²) < 4.78 is 0. The molecule has 33 heavy (non-hydrogen) atoms. The molecule has 0 aromatic heterocycles. The van der Waals surface area contributed by atoms with Gasteiger partial charge in [-0.3, -0.25) is 0 Å². The molecule has 0 aliphatic carbocycles. The Labute approximate surface area is 206 Å². The first-order valence-electron chi connectivity index (χ1n) is 11.5. The van der Waals surface area contributed by atoms with Gasteiger partial charge in [0.2, 0.25) is 0 Å². The zero-order chi connectivity index (χ0) is 22.6. The van der Waals surface area contributed by atoms with Gasteiger partial charge in [0, 0.05) is 0 Å². The second kappa shape index (κ2) is 13.5. The molecule has 4 aromatic rings. The highest BCUT2D eigenvalue weighted by atomic mass is 31.1. The summed E-state index contributed by atoms with van der Waals surface area (Å²) >= 11 is 0. The molecule has 0 aliphatic heterocycles. The SMILES string of the molecule is c1ccc(PCC(CPc2ccccc2)(CPc2ccccc2)CPc2ccccc2)cc1. The minimum absolute atomic E-state index is 0.366. The van der Waals surface area contributed by atoms with Crippen molar-refractivity contribution in [2.24, 2.45) is 5.41 Å². The van der Waals surface area contributed by atoms with E-state index in [0.29, 0.717) is 5.41 Å². The van der Waals surface area contributed by atoms with Gasteiger partial charge in [0.15, 0.2) is 0 Å². The van der Waals surface area contributed by atoms with Crippen molar-refractivity contribution in [1.29, 1.82) is 0 Å². The van der Waals surface area contributed by atoms with Crippen LogP contribution >= 0.6 is 34.3 Å². The van der Waals surface area contributed by atoms with Crippen LogP contribution in [-0.4, -0.2) is 24.6 Å². The highest BCUT2D eigenvalue weighted by Gasteiger charge is 2.30. The van der Waals surface area contributed by atoms with Gasteiger partial charge >= 0.3 is 0 Å². The third-order valence-corrected chi connectivity index (χ3v) is 12.4. The summed E-state index contributed by atoms with van der Waals surface area (Å²) in [6, 6.07) is 44.5. The maximum absolute atomic E-state index is 2.31. The van der Waals surface area contributed by atoms with E-state index < -0.39 is 0 Å². The van der Waals surface area contributed by atoms with Gasteiger partial charge < -0.3 is 0 Å². The van der Waals surface area contributed by atoms with Gasteiger partial charge in [0.1, 0.15) is 0 Å². The quantitative estimate of drug-likeness (QED) is 0.208. The normalized spacial score (nSPS) is 14.3. The molecule has 0 heterocycles. The Morgan fingerprint density at radius 3 is 0.758 bits per heavy atom. The molecule has 0 saturated heterocycles.